The molecule has 3 nitrogen and oxygen atoms in total. The summed E-state index contributed by atoms with van der Waals surface area (Å²) in [4.78, 5) is 16.8. The minimum atomic E-state index is 0.142. The van der Waals surface area contributed by atoms with Crippen LogP contribution in [0, 0.1) is 0 Å². The normalized spacial score (nSPS) is 15.8. The van der Waals surface area contributed by atoms with Crippen LogP contribution in [0.5, 0.6) is 0 Å². The van der Waals surface area contributed by atoms with Gasteiger partial charge >= 0.3 is 0 Å². The Bertz CT molecular complexity index is 440. The van der Waals surface area contributed by atoms with Gasteiger partial charge in [0.05, 0.1) is 5.56 Å². The Balaban J connectivity index is 2.18. The second-order valence-electron chi connectivity index (χ2n) is 5.41. The molecule has 0 bridgehead atoms. The van der Waals surface area contributed by atoms with Crippen molar-refractivity contribution in [3.8, 4) is 0 Å². The highest BCUT2D eigenvalue weighted by Crippen LogP contribution is 2.26. The van der Waals surface area contributed by atoms with Gasteiger partial charge < -0.3 is 9.80 Å². The first-order valence-corrected chi connectivity index (χ1v) is 7.26. The smallest absolute Gasteiger partial charge is 0.255 e. The number of benzene rings is 1. The van der Waals surface area contributed by atoms with Gasteiger partial charge in [0.25, 0.3) is 5.91 Å². The van der Waals surface area contributed by atoms with Crippen LogP contribution in [0.3, 0.4) is 0 Å². The van der Waals surface area contributed by atoms with Crippen LogP contribution >= 0.6 is 0 Å². The van der Waals surface area contributed by atoms with Gasteiger partial charge in [-0.3, -0.25) is 4.79 Å². The Kier molecular flexibility index (Phi) is 4.46. The molecule has 104 valence electrons. The first kappa shape index (κ1) is 13.9. The second kappa shape index (κ2) is 6.09. The summed E-state index contributed by atoms with van der Waals surface area (Å²) in [6, 6.07) is 8.27. The van der Waals surface area contributed by atoms with E-state index in [1.165, 1.54) is 6.42 Å². The van der Waals surface area contributed by atoms with Gasteiger partial charge in [-0.1, -0.05) is 25.5 Å². The molecule has 19 heavy (non-hydrogen) atoms. The molecule has 3 heteroatoms. The fourth-order valence-electron chi connectivity index (χ4n) is 2.49. The SMILES string of the molecule is CCCC(C)N(C)C(=O)c1ccccc1N1CCC1. The zero-order valence-corrected chi connectivity index (χ0v) is 12.2. The van der Waals surface area contributed by atoms with Crippen LogP contribution in [0.4, 0.5) is 5.69 Å². The number of hydrogen-bond donors (Lipinski definition) is 0. The van der Waals surface area contributed by atoms with Crippen LogP contribution in [-0.2, 0) is 0 Å². The Morgan fingerprint density at radius 2 is 2.05 bits per heavy atom. The number of carbonyl (C=O) groups excluding carboxylic acids is 1. The first-order valence-electron chi connectivity index (χ1n) is 7.26. The van der Waals surface area contributed by atoms with Crippen molar-refractivity contribution in [1.29, 1.82) is 0 Å². The van der Waals surface area contributed by atoms with E-state index in [2.05, 4.69) is 24.8 Å². The predicted octanol–water partition coefficient (Wildman–Crippen LogP) is 3.16. The van der Waals surface area contributed by atoms with Crippen LogP contribution in [-0.4, -0.2) is 37.0 Å². The third-order valence-electron chi connectivity index (χ3n) is 4.02. The maximum atomic E-state index is 12.6. The fraction of sp³-hybridized carbons (Fsp3) is 0.562. The minimum absolute atomic E-state index is 0.142. The van der Waals surface area contributed by atoms with Gasteiger partial charge in [-0.05, 0) is 31.9 Å². The number of carbonyl (C=O) groups is 1. The number of anilines is 1. The molecule has 1 unspecified atom stereocenters. The van der Waals surface area contributed by atoms with Gasteiger partial charge in [0.1, 0.15) is 0 Å². The second-order valence-corrected chi connectivity index (χ2v) is 5.41. The van der Waals surface area contributed by atoms with Gasteiger partial charge in [0.15, 0.2) is 0 Å². The van der Waals surface area contributed by atoms with Crippen LogP contribution in [0.1, 0.15) is 43.5 Å². The molecule has 0 aliphatic carbocycles. The number of nitrogens with zero attached hydrogens (tertiary/aromatic N) is 2. The highest BCUT2D eigenvalue weighted by atomic mass is 16.2. The average Bonchev–Trinajstić information content (AvgIpc) is 2.36. The lowest BCUT2D eigenvalue weighted by Crippen LogP contribution is -2.40. The summed E-state index contributed by atoms with van der Waals surface area (Å²) < 4.78 is 0. The third kappa shape index (κ3) is 2.91. The van der Waals surface area contributed by atoms with Crippen molar-refractivity contribution < 1.29 is 4.79 Å². The molecular formula is C16H24N2O. The number of para-hydroxylation sites is 1. The van der Waals surface area contributed by atoms with E-state index in [-0.39, 0.29) is 5.91 Å². The standard InChI is InChI=1S/C16H24N2O/c1-4-8-13(2)17(3)16(19)14-9-5-6-10-15(14)18-11-7-12-18/h5-6,9-10,13H,4,7-8,11-12H2,1-3H3. The number of amides is 1. The quantitative estimate of drug-likeness (QED) is 0.812. The molecule has 1 heterocycles. The van der Waals surface area contributed by atoms with Crippen molar-refractivity contribution in [1.82, 2.24) is 4.90 Å². The molecule has 1 fully saturated rings. The van der Waals surface area contributed by atoms with Crippen LogP contribution in [0.25, 0.3) is 0 Å². The van der Waals surface area contributed by atoms with Gasteiger partial charge in [-0.15, -0.1) is 0 Å². The lowest BCUT2D eigenvalue weighted by Gasteiger charge is -2.35. The van der Waals surface area contributed by atoms with Crippen LogP contribution < -0.4 is 4.90 Å². The monoisotopic (exact) mass is 260 g/mol. The van der Waals surface area contributed by atoms with E-state index in [4.69, 9.17) is 0 Å². The average molecular weight is 260 g/mol. The maximum absolute atomic E-state index is 12.6. The molecule has 1 saturated heterocycles. The molecule has 1 amide bonds. The van der Waals surface area contributed by atoms with E-state index in [0.717, 1.165) is 37.2 Å². The van der Waals surface area contributed by atoms with Gasteiger partial charge in [-0.2, -0.15) is 0 Å². The van der Waals surface area contributed by atoms with Gasteiger partial charge in [0, 0.05) is 31.9 Å². The number of rotatable bonds is 5. The van der Waals surface area contributed by atoms with Crippen molar-refractivity contribution in [3.63, 3.8) is 0 Å². The summed E-state index contributed by atoms with van der Waals surface area (Å²) in [6.07, 6.45) is 3.38. The molecule has 0 aromatic heterocycles. The van der Waals surface area contributed by atoms with Crippen LogP contribution in [0.2, 0.25) is 0 Å². The highest BCUT2D eigenvalue weighted by Gasteiger charge is 2.24. The van der Waals surface area contributed by atoms with Crippen LogP contribution in [0.15, 0.2) is 24.3 Å². The Hall–Kier alpha value is -1.51. The molecule has 1 aliphatic rings. The molecule has 1 aromatic rings. The molecule has 1 aliphatic heterocycles. The molecular weight excluding hydrogens is 236 g/mol. The van der Waals surface area contributed by atoms with Gasteiger partial charge in [-0.25, -0.2) is 0 Å². The Morgan fingerprint density at radius 1 is 1.37 bits per heavy atom. The first-order chi connectivity index (χ1) is 9.15. The lowest BCUT2D eigenvalue weighted by molar-refractivity contribution is 0.0737. The van der Waals surface area contributed by atoms with E-state index in [1.54, 1.807) is 0 Å². The van der Waals surface area contributed by atoms with Gasteiger partial charge in [0.2, 0.25) is 0 Å². The Labute approximate surface area is 116 Å². The summed E-state index contributed by atoms with van der Waals surface area (Å²) in [7, 11) is 1.91. The van der Waals surface area contributed by atoms with Crippen molar-refractivity contribution in [2.75, 3.05) is 25.0 Å². The van der Waals surface area contributed by atoms with Crippen molar-refractivity contribution in [2.45, 2.75) is 39.2 Å². The van der Waals surface area contributed by atoms with E-state index < -0.39 is 0 Å². The van der Waals surface area contributed by atoms with Crippen molar-refractivity contribution >= 4 is 11.6 Å². The molecule has 0 N–H and O–H groups in total. The molecule has 1 aromatic carbocycles. The fourth-order valence-corrected chi connectivity index (χ4v) is 2.49. The summed E-state index contributed by atoms with van der Waals surface area (Å²) in [5.74, 6) is 0.142. The van der Waals surface area contributed by atoms with Crippen molar-refractivity contribution in [3.05, 3.63) is 29.8 Å². The third-order valence-corrected chi connectivity index (χ3v) is 4.02. The summed E-state index contributed by atoms with van der Waals surface area (Å²) in [5.41, 5.74) is 1.93. The van der Waals surface area contributed by atoms with E-state index in [0.29, 0.717) is 6.04 Å². The summed E-state index contributed by atoms with van der Waals surface area (Å²) in [6.45, 7) is 6.41. The molecule has 0 saturated carbocycles. The zero-order valence-electron chi connectivity index (χ0n) is 12.2. The highest BCUT2D eigenvalue weighted by molar-refractivity contribution is 6.00. The number of hydrogen-bond acceptors (Lipinski definition) is 2. The molecule has 0 radical (unpaired) electrons. The maximum Gasteiger partial charge on any atom is 0.255 e. The topological polar surface area (TPSA) is 23.6 Å². The largest absolute Gasteiger partial charge is 0.371 e. The summed E-state index contributed by atoms with van der Waals surface area (Å²) >= 11 is 0. The van der Waals surface area contributed by atoms with E-state index in [1.807, 2.05) is 30.1 Å². The minimum Gasteiger partial charge on any atom is -0.371 e. The molecule has 0 spiro atoms. The summed E-state index contributed by atoms with van der Waals surface area (Å²) in [5, 5.41) is 0. The lowest BCUT2D eigenvalue weighted by atomic mass is 10.1. The van der Waals surface area contributed by atoms with E-state index >= 15 is 0 Å². The molecule has 1 atom stereocenters. The Morgan fingerprint density at radius 3 is 2.63 bits per heavy atom. The zero-order chi connectivity index (χ0) is 13.8. The van der Waals surface area contributed by atoms with E-state index in [9.17, 15) is 4.79 Å². The molecule has 2 rings (SSSR count). The predicted molar refractivity (Wildman–Crippen MR) is 79.7 cm³/mol. The van der Waals surface area contributed by atoms with Crippen molar-refractivity contribution in [2.24, 2.45) is 0 Å².